The largest absolute Gasteiger partial charge is 0.493 e. The van der Waals surface area contributed by atoms with Gasteiger partial charge in [-0.15, -0.1) is 0 Å². The van der Waals surface area contributed by atoms with Gasteiger partial charge < -0.3 is 14.6 Å². The van der Waals surface area contributed by atoms with E-state index in [9.17, 15) is 4.79 Å². The highest BCUT2D eigenvalue weighted by Gasteiger charge is 2.09. The molecule has 0 aliphatic heterocycles. The van der Waals surface area contributed by atoms with E-state index in [-0.39, 0.29) is 5.57 Å². The number of carboxylic acids is 1. The molecule has 5 heteroatoms. The first kappa shape index (κ1) is 18.6. The predicted molar refractivity (Wildman–Crippen MR) is 88.5 cm³/mol. The van der Waals surface area contributed by atoms with Crippen LogP contribution >= 0.6 is 0 Å². The van der Waals surface area contributed by atoms with E-state index in [1.807, 2.05) is 0 Å². The van der Waals surface area contributed by atoms with Crippen molar-refractivity contribution in [3.8, 4) is 17.6 Å². The molecule has 0 unspecified atom stereocenters. The van der Waals surface area contributed by atoms with Crippen molar-refractivity contribution in [1.82, 2.24) is 0 Å². The SMILES string of the molecule is CCCCCCCOc1ccc(/C=C(\C#N)C(=O)O)cc1OC. The number of unbranched alkanes of at least 4 members (excludes halogenated alkanes) is 4. The zero-order chi connectivity index (χ0) is 17.1. The molecule has 5 nitrogen and oxygen atoms in total. The molecule has 1 N–H and O–H groups in total. The minimum absolute atomic E-state index is 0.323. The Kier molecular flexibility index (Phi) is 8.30. The average Bonchev–Trinajstić information content (AvgIpc) is 2.56. The highest BCUT2D eigenvalue weighted by Crippen LogP contribution is 2.29. The van der Waals surface area contributed by atoms with Gasteiger partial charge in [0, 0.05) is 0 Å². The summed E-state index contributed by atoms with van der Waals surface area (Å²) in [6.07, 6.45) is 7.11. The molecule has 1 aromatic carbocycles. The van der Waals surface area contributed by atoms with Crippen molar-refractivity contribution >= 4 is 12.0 Å². The summed E-state index contributed by atoms with van der Waals surface area (Å²) in [7, 11) is 1.53. The van der Waals surface area contributed by atoms with E-state index in [0.717, 1.165) is 12.8 Å². The lowest BCUT2D eigenvalue weighted by Crippen LogP contribution is -2.00. The standard InChI is InChI=1S/C18H23NO4/c1-3-4-5-6-7-10-23-16-9-8-14(12-17(16)22-2)11-15(13-19)18(20)21/h8-9,11-12H,3-7,10H2,1-2H3,(H,20,21)/b15-11+. The monoisotopic (exact) mass is 317 g/mol. The van der Waals surface area contributed by atoms with Crippen LogP contribution < -0.4 is 9.47 Å². The smallest absolute Gasteiger partial charge is 0.346 e. The molecule has 0 aromatic heterocycles. The fourth-order valence-electron chi connectivity index (χ4n) is 2.09. The van der Waals surface area contributed by atoms with Crippen LogP contribution in [0, 0.1) is 11.3 Å². The Balaban J connectivity index is 2.70. The van der Waals surface area contributed by atoms with Crippen molar-refractivity contribution in [3.63, 3.8) is 0 Å². The molecule has 124 valence electrons. The van der Waals surface area contributed by atoms with E-state index >= 15 is 0 Å². The third kappa shape index (κ3) is 6.43. The van der Waals surface area contributed by atoms with Gasteiger partial charge in [0.2, 0.25) is 0 Å². The summed E-state index contributed by atoms with van der Waals surface area (Å²) < 4.78 is 11.0. The number of rotatable bonds is 10. The second-order valence-electron chi connectivity index (χ2n) is 5.15. The van der Waals surface area contributed by atoms with Gasteiger partial charge in [0.05, 0.1) is 13.7 Å². The van der Waals surface area contributed by atoms with E-state index in [0.29, 0.717) is 23.7 Å². The van der Waals surface area contributed by atoms with Crippen LogP contribution in [-0.4, -0.2) is 24.8 Å². The summed E-state index contributed by atoms with van der Waals surface area (Å²) in [4.78, 5) is 10.9. The summed E-state index contributed by atoms with van der Waals surface area (Å²) in [6, 6.07) is 6.74. The second kappa shape index (κ2) is 10.3. The molecule has 0 bridgehead atoms. The Morgan fingerprint density at radius 2 is 2.00 bits per heavy atom. The van der Waals surface area contributed by atoms with Crippen LogP contribution in [0.2, 0.25) is 0 Å². The van der Waals surface area contributed by atoms with Gasteiger partial charge in [-0.05, 0) is 30.2 Å². The Hall–Kier alpha value is -2.48. The predicted octanol–water partition coefficient (Wildman–Crippen LogP) is 4.04. The number of methoxy groups -OCH3 is 1. The van der Waals surface area contributed by atoms with Gasteiger partial charge in [0.15, 0.2) is 11.5 Å². The molecule has 0 aliphatic rings. The average molecular weight is 317 g/mol. The van der Waals surface area contributed by atoms with Crippen molar-refractivity contribution in [2.75, 3.05) is 13.7 Å². The Morgan fingerprint density at radius 3 is 2.61 bits per heavy atom. The van der Waals surface area contributed by atoms with Crippen molar-refractivity contribution < 1.29 is 19.4 Å². The molecule has 0 atom stereocenters. The minimum Gasteiger partial charge on any atom is -0.493 e. The zero-order valence-corrected chi connectivity index (χ0v) is 13.7. The topological polar surface area (TPSA) is 79.5 Å². The van der Waals surface area contributed by atoms with Gasteiger partial charge in [-0.25, -0.2) is 4.79 Å². The number of hydrogen-bond acceptors (Lipinski definition) is 4. The molecule has 0 heterocycles. The summed E-state index contributed by atoms with van der Waals surface area (Å²) in [6.45, 7) is 2.80. The van der Waals surface area contributed by atoms with Crippen LogP contribution in [0.25, 0.3) is 6.08 Å². The third-order valence-electron chi connectivity index (χ3n) is 3.36. The van der Waals surface area contributed by atoms with Crippen LogP contribution in [0.4, 0.5) is 0 Å². The van der Waals surface area contributed by atoms with E-state index in [1.54, 1.807) is 24.3 Å². The van der Waals surface area contributed by atoms with Gasteiger partial charge in [0.1, 0.15) is 11.6 Å². The van der Waals surface area contributed by atoms with Gasteiger partial charge >= 0.3 is 5.97 Å². The Bertz CT molecular complexity index is 587. The molecule has 23 heavy (non-hydrogen) atoms. The lowest BCUT2D eigenvalue weighted by Gasteiger charge is -2.11. The molecule has 0 aliphatic carbocycles. The van der Waals surface area contributed by atoms with Crippen molar-refractivity contribution in [3.05, 3.63) is 29.3 Å². The van der Waals surface area contributed by atoms with E-state index in [4.69, 9.17) is 19.8 Å². The van der Waals surface area contributed by atoms with Crippen molar-refractivity contribution in [2.45, 2.75) is 39.0 Å². The van der Waals surface area contributed by atoms with Crippen LogP contribution in [0.1, 0.15) is 44.6 Å². The molecule has 0 radical (unpaired) electrons. The van der Waals surface area contributed by atoms with Gasteiger partial charge in [-0.2, -0.15) is 5.26 Å². The summed E-state index contributed by atoms with van der Waals surface area (Å²) in [5.41, 5.74) is 0.257. The van der Waals surface area contributed by atoms with Crippen molar-refractivity contribution in [1.29, 1.82) is 5.26 Å². The molecule has 0 fully saturated rings. The number of carbonyl (C=O) groups is 1. The zero-order valence-electron chi connectivity index (χ0n) is 13.7. The lowest BCUT2D eigenvalue weighted by atomic mass is 10.1. The Morgan fingerprint density at radius 1 is 1.26 bits per heavy atom. The molecule has 0 amide bonds. The van der Waals surface area contributed by atoms with E-state index in [1.165, 1.54) is 32.4 Å². The number of nitriles is 1. The molecule has 0 saturated carbocycles. The highest BCUT2D eigenvalue weighted by molar-refractivity contribution is 5.96. The number of hydrogen-bond donors (Lipinski definition) is 1. The second-order valence-corrected chi connectivity index (χ2v) is 5.15. The van der Waals surface area contributed by atoms with Crippen LogP contribution in [0.3, 0.4) is 0 Å². The molecule has 0 saturated heterocycles. The number of carboxylic acid groups (broad SMARTS) is 1. The van der Waals surface area contributed by atoms with Crippen LogP contribution in [-0.2, 0) is 4.79 Å². The van der Waals surface area contributed by atoms with Gasteiger partial charge in [-0.1, -0.05) is 38.7 Å². The van der Waals surface area contributed by atoms with Gasteiger partial charge in [-0.3, -0.25) is 0 Å². The molecular formula is C18H23NO4. The first-order valence-corrected chi connectivity index (χ1v) is 7.78. The number of benzene rings is 1. The fraction of sp³-hybridized carbons (Fsp3) is 0.444. The summed E-state index contributed by atoms with van der Waals surface area (Å²) in [5, 5.41) is 17.7. The van der Waals surface area contributed by atoms with Crippen LogP contribution in [0.5, 0.6) is 11.5 Å². The maximum Gasteiger partial charge on any atom is 0.346 e. The summed E-state index contributed by atoms with van der Waals surface area (Å²) >= 11 is 0. The normalized spacial score (nSPS) is 10.9. The summed E-state index contributed by atoms with van der Waals surface area (Å²) in [5.74, 6) is -0.108. The van der Waals surface area contributed by atoms with Crippen LogP contribution in [0.15, 0.2) is 23.8 Å². The molecular weight excluding hydrogens is 294 g/mol. The highest BCUT2D eigenvalue weighted by atomic mass is 16.5. The molecule has 1 rings (SSSR count). The maximum atomic E-state index is 10.9. The van der Waals surface area contributed by atoms with Gasteiger partial charge in [0.25, 0.3) is 0 Å². The molecule has 1 aromatic rings. The van der Waals surface area contributed by atoms with E-state index < -0.39 is 5.97 Å². The lowest BCUT2D eigenvalue weighted by molar-refractivity contribution is -0.132. The first-order valence-electron chi connectivity index (χ1n) is 7.78. The molecule has 0 spiro atoms. The maximum absolute atomic E-state index is 10.9. The van der Waals surface area contributed by atoms with E-state index in [2.05, 4.69) is 6.92 Å². The fourth-order valence-corrected chi connectivity index (χ4v) is 2.09. The minimum atomic E-state index is -1.25. The van der Waals surface area contributed by atoms with Crippen molar-refractivity contribution in [2.24, 2.45) is 0 Å². The number of nitrogens with zero attached hydrogens (tertiary/aromatic N) is 1. The Labute approximate surface area is 137 Å². The number of aliphatic carboxylic acids is 1. The number of ether oxygens (including phenoxy) is 2. The third-order valence-corrected chi connectivity index (χ3v) is 3.36. The first-order chi connectivity index (χ1) is 11.1. The quantitative estimate of drug-likeness (QED) is 0.400.